The lowest BCUT2D eigenvalue weighted by Crippen LogP contribution is -2.27. The van der Waals surface area contributed by atoms with Crippen LogP contribution in [0.4, 0.5) is 0 Å². The summed E-state index contributed by atoms with van der Waals surface area (Å²) in [5.41, 5.74) is 0. The summed E-state index contributed by atoms with van der Waals surface area (Å²) in [5.74, 6) is 0.890. The van der Waals surface area contributed by atoms with Crippen molar-refractivity contribution in [3.05, 3.63) is 0 Å². The van der Waals surface area contributed by atoms with Crippen LogP contribution < -0.4 is 5.32 Å². The summed E-state index contributed by atoms with van der Waals surface area (Å²) in [6, 6.07) is 0. The van der Waals surface area contributed by atoms with Gasteiger partial charge in [-0.2, -0.15) is 0 Å². The molecule has 0 aromatic carbocycles. The molecule has 0 bridgehead atoms. The third-order valence-electron chi connectivity index (χ3n) is 2.63. The van der Waals surface area contributed by atoms with Gasteiger partial charge in [-0.15, -0.1) is 0 Å². The molecule has 1 aliphatic rings. The van der Waals surface area contributed by atoms with Crippen LogP contribution >= 0.6 is 0 Å². The molecule has 0 amide bonds. The number of hydrogen-bond acceptors (Lipinski definition) is 3. The van der Waals surface area contributed by atoms with Crippen LogP contribution in [0.1, 0.15) is 32.1 Å². The van der Waals surface area contributed by atoms with E-state index >= 15 is 0 Å². The minimum Gasteiger partial charge on any atom is -0.457 e. The first-order chi connectivity index (χ1) is 6.43. The number of rotatable bonds is 6. The smallest absolute Gasteiger partial charge is 0.417 e. The fraction of sp³-hybridized carbons (Fsp3) is 0.900. The average Bonchev–Trinajstić information content (AvgIpc) is 2.19. The molecule has 75 valence electrons. The Balaban J connectivity index is 1.89. The van der Waals surface area contributed by atoms with E-state index in [1.165, 1.54) is 45.2 Å². The lowest BCUT2D eigenvalue weighted by Gasteiger charge is -2.22. The van der Waals surface area contributed by atoms with Crippen LogP contribution in [-0.2, 0) is 9.53 Å². The molecule has 13 heavy (non-hydrogen) atoms. The first kappa shape index (κ1) is 10.5. The molecule has 1 saturated heterocycles. The van der Waals surface area contributed by atoms with Crippen molar-refractivity contribution in [1.82, 2.24) is 5.32 Å². The van der Waals surface area contributed by atoms with Crippen molar-refractivity contribution < 1.29 is 9.53 Å². The van der Waals surface area contributed by atoms with Gasteiger partial charge < -0.3 is 10.1 Å². The zero-order chi connectivity index (χ0) is 9.36. The van der Waals surface area contributed by atoms with Gasteiger partial charge in [-0.1, -0.05) is 6.42 Å². The van der Waals surface area contributed by atoms with Crippen LogP contribution in [0.5, 0.6) is 0 Å². The maximum atomic E-state index is 9.71. The van der Waals surface area contributed by atoms with E-state index in [0.29, 0.717) is 6.61 Å². The SMILES string of the molecule is O=[C]OCCCCC1CCNCC1. The number of nitrogens with one attached hydrogen (secondary N) is 1. The number of hydrogen-bond donors (Lipinski definition) is 1. The Morgan fingerprint density at radius 3 is 2.77 bits per heavy atom. The maximum Gasteiger partial charge on any atom is 0.417 e. The van der Waals surface area contributed by atoms with Crippen molar-refractivity contribution in [2.45, 2.75) is 32.1 Å². The van der Waals surface area contributed by atoms with Crippen molar-refractivity contribution in [2.24, 2.45) is 5.92 Å². The molecule has 0 unspecified atom stereocenters. The molecule has 1 fully saturated rings. The Morgan fingerprint density at radius 2 is 2.08 bits per heavy atom. The number of unbranched alkanes of at least 4 members (excludes halogenated alkanes) is 1. The van der Waals surface area contributed by atoms with Gasteiger partial charge in [0.1, 0.15) is 0 Å². The summed E-state index contributed by atoms with van der Waals surface area (Å²) >= 11 is 0. The topological polar surface area (TPSA) is 38.3 Å². The van der Waals surface area contributed by atoms with Crippen molar-refractivity contribution in [1.29, 1.82) is 0 Å². The molecule has 0 saturated carbocycles. The lowest BCUT2D eigenvalue weighted by molar-refractivity contribution is 0.260. The molecular formula is C10H18NO2. The molecule has 1 aliphatic heterocycles. The van der Waals surface area contributed by atoms with E-state index in [4.69, 9.17) is 0 Å². The Labute approximate surface area is 79.8 Å². The second-order valence-electron chi connectivity index (χ2n) is 3.62. The van der Waals surface area contributed by atoms with Crippen LogP contribution in [-0.4, -0.2) is 26.2 Å². The van der Waals surface area contributed by atoms with Gasteiger partial charge in [0.2, 0.25) is 0 Å². The second-order valence-corrected chi connectivity index (χ2v) is 3.62. The normalized spacial score (nSPS) is 18.5. The van der Waals surface area contributed by atoms with Crippen molar-refractivity contribution >= 4 is 6.47 Å². The van der Waals surface area contributed by atoms with Crippen LogP contribution in [0.2, 0.25) is 0 Å². The maximum absolute atomic E-state index is 9.71. The van der Waals surface area contributed by atoms with Gasteiger partial charge in [0, 0.05) is 0 Å². The second kappa shape index (κ2) is 6.89. The quantitative estimate of drug-likeness (QED) is 0.631. The Morgan fingerprint density at radius 1 is 1.31 bits per heavy atom. The van der Waals surface area contributed by atoms with Gasteiger partial charge in [-0.05, 0) is 44.7 Å². The third-order valence-corrected chi connectivity index (χ3v) is 2.63. The van der Waals surface area contributed by atoms with Gasteiger partial charge in [-0.25, -0.2) is 4.79 Å². The number of ether oxygens (including phenoxy) is 1. The van der Waals surface area contributed by atoms with Gasteiger partial charge in [0.15, 0.2) is 0 Å². The van der Waals surface area contributed by atoms with Crippen LogP contribution in [0.3, 0.4) is 0 Å². The molecule has 0 atom stereocenters. The van der Waals surface area contributed by atoms with E-state index < -0.39 is 0 Å². The molecule has 0 aromatic heterocycles. The van der Waals surface area contributed by atoms with Crippen molar-refractivity contribution in [2.75, 3.05) is 19.7 Å². The minimum atomic E-state index is 0.536. The van der Waals surface area contributed by atoms with E-state index in [1.54, 1.807) is 0 Å². The standard InChI is InChI=1S/C10H18NO2/c12-9-13-8-2-1-3-10-4-6-11-7-5-10/h10-11H,1-8H2. The lowest BCUT2D eigenvalue weighted by atomic mass is 9.93. The first-order valence-corrected chi connectivity index (χ1v) is 5.13. The molecule has 0 aromatic rings. The summed E-state index contributed by atoms with van der Waals surface area (Å²) < 4.78 is 4.50. The van der Waals surface area contributed by atoms with Crippen LogP contribution in [0.15, 0.2) is 0 Å². The van der Waals surface area contributed by atoms with Crippen molar-refractivity contribution in [3.63, 3.8) is 0 Å². The first-order valence-electron chi connectivity index (χ1n) is 5.13. The number of piperidine rings is 1. The summed E-state index contributed by atoms with van der Waals surface area (Å²) in [6.45, 7) is 4.32. The molecule has 1 radical (unpaired) electrons. The van der Waals surface area contributed by atoms with Gasteiger partial charge in [0.25, 0.3) is 0 Å². The van der Waals surface area contributed by atoms with Crippen LogP contribution in [0.25, 0.3) is 0 Å². The van der Waals surface area contributed by atoms with Crippen LogP contribution in [0, 0.1) is 5.92 Å². The molecule has 1 N–H and O–H groups in total. The molecular weight excluding hydrogens is 166 g/mol. The van der Waals surface area contributed by atoms with Crippen molar-refractivity contribution in [3.8, 4) is 0 Å². The molecule has 0 aliphatic carbocycles. The highest BCUT2D eigenvalue weighted by Crippen LogP contribution is 2.18. The fourth-order valence-electron chi connectivity index (χ4n) is 1.82. The highest BCUT2D eigenvalue weighted by molar-refractivity contribution is 5.37. The predicted molar refractivity (Wildman–Crippen MR) is 51.1 cm³/mol. The summed E-state index contributed by atoms with van der Waals surface area (Å²) in [7, 11) is 0. The highest BCUT2D eigenvalue weighted by atomic mass is 16.5. The summed E-state index contributed by atoms with van der Waals surface area (Å²) in [6.07, 6.45) is 6.05. The van der Waals surface area contributed by atoms with Gasteiger partial charge in [-0.3, -0.25) is 0 Å². The van der Waals surface area contributed by atoms with Gasteiger partial charge >= 0.3 is 6.47 Å². The number of carbonyl (C=O) groups excluding carboxylic acids is 1. The Bertz CT molecular complexity index is 133. The molecule has 1 rings (SSSR count). The monoisotopic (exact) mass is 184 g/mol. The fourth-order valence-corrected chi connectivity index (χ4v) is 1.82. The summed E-state index contributed by atoms with van der Waals surface area (Å²) in [5, 5.41) is 3.35. The van der Waals surface area contributed by atoms with Gasteiger partial charge in [0.05, 0.1) is 6.61 Å². The van der Waals surface area contributed by atoms with E-state index in [0.717, 1.165) is 12.3 Å². The molecule has 1 heterocycles. The Kier molecular flexibility index (Phi) is 5.57. The van der Waals surface area contributed by atoms with E-state index in [1.807, 2.05) is 0 Å². The highest BCUT2D eigenvalue weighted by Gasteiger charge is 2.11. The van der Waals surface area contributed by atoms with E-state index in [9.17, 15) is 4.79 Å². The van der Waals surface area contributed by atoms with E-state index in [2.05, 4.69) is 10.1 Å². The minimum absolute atomic E-state index is 0.536. The summed E-state index contributed by atoms with van der Waals surface area (Å²) in [4.78, 5) is 9.71. The Hall–Kier alpha value is -0.570. The zero-order valence-corrected chi connectivity index (χ0v) is 8.05. The third kappa shape index (κ3) is 4.88. The van der Waals surface area contributed by atoms with E-state index in [-0.39, 0.29) is 0 Å². The molecule has 3 nitrogen and oxygen atoms in total. The zero-order valence-electron chi connectivity index (χ0n) is 8.05. The average molecular weight is 184 g/mol. The molecule has 3 heteroatoms. The molecule has 0 spiro atoms. The predicted octanol–water partition coefficient (Wildman–Crippen LogP) is 1.24. The largest absolute Gasteiger partial charge is 0.457 e.